The number of allylic oxidation sites excluding steroid dienone is 1. The standard InChI is InChI=1S/C21H20F2N2O3S/c1-4-15-18(20(26)28-3)19(12-9-10-13(22)14(23)11-12)24-21(29)25(15)16-7-5-6-8-17(16)27-2/h5-11,19H,4H2,1-3H3,(H,24,29)/t19-/m0/s1. The number of thiocarbonyl (C=S) groups is 1. The van der Waals surface area contributed by atoms with E-state index >= 15 is 0 Å². The lowest BCUT2D eigenvalue weighted by atomic mass is 9.93. The number of nitrogens with zero attached hydrogens (tertiary/aromatic N) is 1. The lowest BCUT2D eigenvalue weighted by Gasteiger charge is -2.38. The lowest BCUT2D eigenvalue weighted by Crippen LogP contribution is -2.48. The van der Waals surface area contributed by atoms with Gasteiger partial charge in [0, 0.05) is 5.70 Å². The number of hydrogen-bond acceptors (Lipinski definition) is 4. The predicted molar refractivity (Wildman–Crippen MR) is 110 cm³/mol. The van der Waals surface area contributed by atoms with Crippen LogP contribution in [0.3, 0.4) is 0 Å². The summed E-state index contributed by atoms with van der Waals surface area (Å²) in [4.78, 5) is 14.4. The van der Waals surface area contributed by atoms with Gasteiger partial charge in [-0.25, -0.2) is 13.6 Å². The minimum atomic E-state index is -1.01. The largest absolute Gasteiger partial charge is 0.495 e. The molecular weight excluding hydrogens is 398 g/mol. The van der Waals surface area contributed by atoms with Crippen molar-refractivity contribution >= 4 is 29.0 Å². The first kappa shape index (κ1) is 20.7. The zero-order valence-corrected chi connectivity index (χ0v) is 17.0. The molecule has 2 aromatic carbocycles. The van der Waals surface area contributed by atoms with E-state index in [1.54, 1.807) is 18.1 Å². The summed E-state index contributed by atoms with van der Waals surface area (Å²) in [5, 5.41) is 3.36. The Bertz CT molecular complexity index is 994. The Balaban J connectivity index is 2.23. The number of halogens is 2. The van der Waals surface area contributed by atoms with E-state index in [-0.39, 0.29) is 5.57 Å². The van der Waals surface area contributed by atoms with Crippen LogP contribution in [0.2, 0.25) is 0 Å². The molecule has 1 N–H and O–H groups in total. The first-order chi connectivity index (χ1) is 13.9. The number of benzene rings is 2. The molecule has 0 saturated heterocycles. The lowest BCUT2D eigenvalue weighted by molar-refractivity contribution is -0.136. The Morgan fingerprint density at radius 3 is 2.52 bits per heavy atom. The highest BCUT2D eigenvalue weighted by Gasteiger charge is 2.37. The molecule has 1 atom stereocenters. The molecule has 2 aromatic rings. The van der Waals surface area contributed by atoms with Crippen molar-refractivity contribution in [2.75, 3.05) is 19.1 Å². The molecule has 0 radical (unpaired) electrons. The summed E-state index contributed by atoms with van der Waals surface area (Å²) in [6.07, 6.45) is 0.435. The van der Waals surface area contributed by atoms with Crippen LogP contribution in [0.15, 0.2) is 53.7 Å². The van der Waals surface area contributed by atoms with Gasteiger partial charge >= 0.3 is 5.97 Å². The first-order valence-electron chi connectivity index (χ1n) is 8.92. The van der Waals surface area contributed by atoms with Crippen molar-refractivity contribution in [3.63, 3.8) is 0 Å². The highest BCUT2D eigenvalue weighted by Crippen LogP contribution is 2.39. The molecule has 0 aliphatic carbocycles. The van der Waals surface area contributed by atoms with Gasteiger partial charge in [-0.05, 0) is 48.5 Å². The smallest absolute Gasteiger partial charge is 0.337 e. The van der Waals surface area contributed by atoms with E-state index in [0.717, 1.165) is 12.1 Å². The molecule has 29 heavy (non-hydrogen) atoms. The molecule has 5 nitrogen and oxygen atoms in total. The molecule has 1 heterocycles. The molecule has 0 saturated carbocycles. The number of ether oxygens (including phenoxy) is 2. The maximum atomic E-state index is 13.9. The minimum absolute atomic E-state index is 0.264. The number of rotatable bonds is 5. The van der Waals surface area contributed by atoms with E-state index in [1.807, 2.05) is 25.1 Å². The van der Waals surface area contributed by atoms with Crippen LogP contribution in [0.1, 0.15) is 24.9 Å². The summed E-state index contributed by atoms with van der Waals surface area (Å²) in [7, 11) is 2.81. The molecule has 1 aliphatic heterocycles. The van der Waals surface area contributed by atoms with Gasteiger partial charge in [-0.1, -0.05) is 25.1 Å². The van der Waals surface area contributed by atoms with Crippen molar-refractivity contribution in [2.24, 2.45) is 0 Å². The van der Waals surface area contributed by atoms with Gasteiger partial charge in [-0.2, -0.15) is 0 Å². The van der Waals surface area contributed by atoms with E-state index in [0.29, 0.717) is 34.2 Å². The van der Waals surface area contributed by atoms with Gasteiger partial charge in [-0.15, -0.1) is 0 Å². The Morgan fingerprint density at radius 1 is 1.17 bits per heavy atom. The third-order valence-corrected chi connectivity index (χ3v) is 4.98. The molecule has 8 heteroatoms. The molecule has 1 aliphatic rings. The Labute approximate surface area is 172 Å². The summed E-state index contributed by atoms with van der Waals surface area (Å²) in [6, 6.07) is 9.93. The van der Waals surface area contributed by atoms with Crippen LogP contribution in [-0.2, 0) is 9.53 Å². The van der Waals surface area contributed by atoms with Crippen LogP contribution in [0.4, 0.5) is 14.5 Å². The fourth-order valence-electron chi connectivity index (χ4n) is 3.38. The number of methoxy groups -OCH3 is 2. The van der Waals surface area contributed by atoms with Crippen LogP contribution in [0.25, 0.3) is 0 Å². The average molecular weight is 418 g/mol. The van der Waals surface area contributed by atoms with Crippen molar-refractivity contribution in [2.45, 2.75) is 19.4 Å². The van der Waals surface area contributed by atoms with Crippen LogP contribution >= 0.6 is 12.2 Å². The van der Waals surface area contributed by atoms with E-state index in [9.17, 15) is 13.6 Å². The van der Waals surface area contributed by atoms with Crippen molar-refractivity contribution in [3.8, 4) is 5.75 Å². The molecule has 0 spiro atoms. The maximum absolute atomic E-state index is 13.9. The Kier molecular flexibility index (Phi) is 6.12. The highest BCUT2D eigenvalue weighted by molar-refractivity contribution is 7.80. The van der Waals surface area contributed by atoms with E-state index in [4.69, 9.17) is 21.7 Å². The number of esters is 1. The van der Waals surface area contributed by atoms with Crippen LogP contribution in [0.5, 0.6) is 5.75 Å². The fourth-order valence-corrected chi connectivity index (χ4v) is 3.70. The third-order valence-electron chi connectivity index (χ3n) is 4.68. The number of nitrogens with one attached hydrogen (secondary N) is 1. The van der Waals surface area contributed by atoms with Gasteiger partial charge in [0.05, 0.1) is 31.5 Å². The predicted octanol–water partition coefficient (Wildman–Crippen LogP) is 4.25. The van der Waals surface area contributed by atoms with Crippen molar-refractivity contribution < 1.29 is 23.0 Å². The summed E-state index contributed by atoms with van der Waals surface area (Å²) in [6.45, 7) is 1.87. The maximum Gasteiger partial charge on any atom is 0.337 e. The highest BCUT2D eigenvalue weighted by atomic mass is 32.1. The Morgan fingerprint density at radius 2 is 1.90 bits per heavy atom. The number of para-hydroxylation sites is 2. The fraction of sp³-hybridized carbons (Fsp3) is 0.238. The SMILES string of the molecule is CCC1=C(C(=O)OC)[C@H](c2ccc(F)c(F)c2)NC(=S)N1c1ccccc1OC. The van der Waals surface area contributed by atoms with Crippen LogP contribution in [-0.4, -0.2) is 25.3 Å². The summed E-state index contributed by atoms with van der Waals surface area (Å²) in [5.41, 5.74) is 1.85. The molecule has 0 bridgehead atoms. The van der Waals surface area contributed by atoms with E-state index < -0.39 is 23.6 Å². The molecular formula is C21H20F2N2O3S. The second-order valence-corrected chi connectivity index (χ2v) is 6.66. The van der Waals surface area contributed by atoms with Crippen molar-refractivity contribution in [1.82, 2.24) is 5.32 Å². The van der Waals surface area contributed by atoms with Crippen molar-refractivity contribution in [3.05, 3.63) is 70.9 Å². The minimum Gasteiger partial charge on any atom is -0.495 e. The number of carbonyl (C=O) groups excluding carboxylic acids is 1. The van der Waals surface area contributed by atoms with Crippen LogP contribution in [0, 0.1) is 11.6 Å². The first-order valence-corrected chi connectivity index (χ1v) is 9.33. The monoisotopic (exact) mass is 418 g/mol. The molecule has 152 valence electrons. The summed E-state index contributed by atoms with van der Waals surface area (Å²) < 4.78 is 37.7. The van der Waals surface area contributed by atoms with E-state index in [2.05, 4.69) is 5.32 Å². The number of carbonyl (C=O) groups is 1. The zero-order valence-electron chi connectivity index (χ0n) is 16.2. The van der Waals surface area contributed by atoms with Crippen molar-refractivity contribution in [1.29, 1.82) is 0 Å². The molecule has 0 fully saturated rings. The third kappa shape index (κ3) is 3.80. The second kappa shape index (κ2) is 8.57. The van der Waals surface area contributed by atoms with E-state index in [1.165, 1.54) is 13.2 Å². The van der Waals surface area contributed by atoms with Gasteiger partial charge in [0.2, 0.25) is 0 Å². The molecule has 0 unspecified atom stereocenters. The second-order valence-electron chi connectivity index (χ2n) is 6.27. The van der Waals surface area contributed by atoms with Gasteiger partial charge in [0.1, 0.15) is 5.75 Å². The average Bonchev–Trinajstić information content (AvgIpc) is 2.74. The van der Waals surface area contributed by atoms with Gasteiger partial charge in [0.25, 0.3) is 0 Å². The molecule has 3 rings (SSSR count). The summed E-state index contributed by atoms with van der Waals surface area (Å²) >= 11 is 5.58. The Hall–Kier alpha value is -3.00. The molecule has 0 aromatic heterocycles. The van der Waals surface area contributed by atoms with Gasteiger partial charge < -0.3 is 14.8 Å². The molecule has 0 amide bonds. The normalized spacial score (nSPS) is 16.5. The zero-order chi connectivity index (χ0) is 21.1. The number of hydrogen-bond donors (Lipinski definition) is 1. The van der Waals surface area contributed by atoms with Gasteiger partial charge in [-0.3, -0.25) is 4.90 Å². The quantitative estimate of drug-likeness (QED) is 0.579. The number of anilines is 1. The van der Waals surface area contributed by atoms with Crippen LogP contribution < -0.4 is 15.0 Å². The summed E-state index contributed by atoms with van der Waals surface area (Å²) in [5.74, 6) is -2.00. The topological polar surface area (TPSA) is 50.8 Å². The van der Waals surface area contributed by atoms with Gasteiger partial charge in [0.15, 0.2) is 16.7 Å².